The van der Waals surface area contributed by atoms with Crippen molar-refractivity contribution < 1.29 is 9.59 Å². The summed E-state index contributed by atoms with van der Waals surface area (Å²) in [6.07, 6.45) is 0. The van der Waals surface area contributed by atoms with Gasteiger partial charge in [0.1, 0.15) is 0 Å². The standard InChI is InChI=1S/C10H21N3O2/c1-5-11-10(15)8(4)12-6-9(14)13-7(2)3/h7-8,12H,5-6H2,1-4H3,(H,11,15)(H,13,14). The molecule has 0 spiro atoms. The van der Waals surface area contributed by atoms with Crippen LogP contribution in [-0.4, -0.2) is 37.0 Å². The quantitative estimate of drug-likeness (QED) is 0.566. The predicted molar refractivity (Wildman–Crippen MR) is 59.4 cm³/mol. The van der Waals surface area contributed by atoms with Gasteiger partial charge >= 0.3 is 0 Å². The molecule has 0 aliphatic heterocycles. The number of hydrogen-bond donors (Lipinski definition) is 3. The van der Waals surface area contributed by atoms with Crippen LogP contribution >= 0.6 is 0 Å². The number of nitrogens with one attached hydrogen (secondary N) is 3. The lowest BCUT2D eigenvalue weighted by atomic mass is 10.3. The summed E-state index contributed by atoms with van der Waals surface area (Å²) >= 11 is 0. The molecule has 0 aromatic carbocycles. The van der Waals surface area contributed by atoms with Gasteiger partial charge in [0, 0.05) is 12.6 Å². The molecule has 0 aliphatic carbocycles. The summed E-state index contributed by atoms with van der Waals surface area (Å²) in [5, 5.41) is 8.26. The minimum absolute atomic E-state index is 0.0881. The van der Waals surface area contributed by atoms with Crippen LogP contribution in [0.15, 0.2) is 0 Å². The fourth-order valence-electron chi connectivity index (χ4n) is 1.04. The highest BCUT2D eigenvalue weighted by Crippen LogP contribution is 1.82. The monoisotopic (exact) mass is 215 g/mol. The Morgan fingerprint density at radius 2 is 1.80 bits per heavy atom. The minimum atomic E-state index is -0.345. The molecule has 5 nitrogen and oxygen atoms in total. The van der Waals surface area contributed by atoms with Crippen molar-refractivity contribution in [2.45, 2.75) is 39.8 Å². The third-order valence-corrected chi connectivity index (χ3v) is 1.76. The van der Waals surface area contributed by atoms with Crippen molar-refractivity contribution in [1.82, 2.24) is 16.0 Å². The van der Waals surface area contributed by atoms with Crippen molar-refractivity contribution >= 4 is 11.8 Å². The first-order valence-corrected chi connectivity index (χ1v) is 5.27. The number of likely N-dealkylation sites (N-methyl/N-ethyl adjacent to an activating group) is 1. The van der Waals surface area contributed by atoms with Gasteiger partial charge in [-0.2, -0.15) is 0 Å². The highest BCUT2D eigenvalue weighted by Gasteiger charge is 2.12. The molecule has 88 valence electrons. The predicted octanol–water partition coefficient (Wildman–Crippen LogP) is -0.375. The maximum absolute atomic E-state index is 11.3. The van der Waals surface area contributed by atoms with Gasteiger partial charge in [0.15, 0.2) is 0 Å². The van der Waals surface area contributed by atoms with Crippen LogP contribution in [0, 0.1) is 0 Å². The first kappa shape index (κ1) is 13.9. The average molecular weight is 215 g/mol. The molecule has 0 heterocycles. The van der Waals surface area contributed by atoms with E-state index < -0.39 is 0 Å². The Balaban J connectivity index is 3.75. The Labute approximate surface area is 91.0 Å². The van der Waals surface area contributed by atoms with Crippen LogP contribution in [0.1, 0.15) is 27.7 Å². The van der Waals surface area contributed by atoms with Crippen LogP contribution < -0.4 is 16.0 Å². The number of carbonyl (C=O) groups is 2. The highest BCUT2D eigenvalue weighted by atomic mass is 16.2. The summed E-state index contributed by atoms with van der Waals surface area (Å²) in [7, 11) is 0. The molecule has 0 fully saturated rings. The Morgan fingerprint density at radius 3 is 2.27 bits per heavy atom. The number of amides is 2. The number of carbonyl (C=O) groups excluding carboxylic acids is 2. The lowest BCUT2D eigenvalue weighted by Gasteiger charge is -2.14. The van der Waals surface area contributed by atoms with Crippen LogP contribution in [0.25, 0.3) is 0 Å². The molecule has 0 saturated heterocycles. The number of hydrogen-bond acceptors (Lipinski definition) is 3. The van der Waals surface area contributed by atoms with E-state index in [9.17, 15) is 9.59 Å². The topological polar surface area (TPSA) is 70.2 Å². The molecule has 0 saturated carbocycles. The van der Waals surface area contributed by atoms with Gasteiger partial charge in [-0.05, 0) is 27.7 Å². The molecular formula is C10H21N3O2. The van der Waals surface area contributed by atoms with Crippen molar-refractivity contribution in [3.8, 4) is 0 Å². The lowest BCUT2D eigenvalue weighted by molar-refractivity contribution is -0.123. The first-order valence-electron chi connectivity index (χ1n) is 5.27. The van der Waals surface area contributed by atoms with E-state index in [2.05, 4.69) is 16.0 Å². The number of rotatable bonds is 6. The van der Waals surface area contributed by atoms with Crippen LogP contribution in [0.4, 0.5) is 0 Å². The van der Waals surface area contributed by atoms with Crippen LogP contribution in [0.3, 0.4) is 0 Å². The van der Waals surface area contributed by atoms with Crippen LogP contribution in [-0.2, 0) is 9.59 Å². The zero-order valence-electron chi connectivity index (χ0n) is 9.89. The van der Waals surface area contributed by atoms with E-state index in [1.54, 1.807) is 6.92 Å². The molecule has 0 aliphatic rings. The molecule has 2 amide bonds. The van der Waals surface area contributed by atoms with Gasteiger partial charge in [0.25, 0.3) is 0 Å². The summed E-state index contributed by atoms with van der Waals surface area (Å²) in [6, 6.07) is -0.220. The highest BCUT2D eigenvalue weighted by molar-refractivity contribution is 5.83. The summed E-state index contributed by atoms with van der Waals surface area (Å²) in [4.78, 5) is 22.5. The first-order chi connectivity index (χ1) is 6.97. The Kier molecular flexibility index (Phi) is 6.70. The maximum atomic E-state index is 11.3. The van der Waals surface area contributed by atoms with Gasteiger partial charge in [-0.25, -0.2) is 0 Å². The van der Waals surface area contributed by atoms with E-state index in [1.807, 2.05) is 20.8 Å². The molecule has 0 radical (unpaired) electrons. The van der Waals surface area contributed by atoms with Crippen molar-refractivity contribution in [1.29, 1.82) is 0 Å². The fourth-order valence-corrected chi connectivity index (χ4v) is 1.04. The summed E-state index contributed by atoms with van der Waals surface area (Å²) in [5.74, 6) is -0.184. The van der Waals surface area contributed by atoms with E-state index in [0.29, 0.717) is 6.54 Å². The molecular weight excluding hydrogens is 194 g/mol. The van der Waals surface area contributed by atoms with Gasteiger partial charge in [-0.3, -0.25) is 14.9 Å². The zero-order valence-corrected chi connectivity index (χ0v) is 9.89. The maximum Gasteiger partial charge on any atom is 0.236 e. The van der Waals surface area contributed by atoms with Crippen molar-refractivity contribution in [2.24, 2.45) is 0 Å². The second kappa shape index (κ2) is 7.23. The average Bonchev–Trinajstić information content (AvgIpc) is 2.13. The molecule has 0 rings (SSSR count). The van der Waals surface area contributed by atoms with Crippen molar-refractivity contribution in [2.75, 3.05) is 13.1 Å². The zero-order chi connectivity index (χ0) is 11.8. The van der Waals surface area contributed by atoms with Gasteiger partial charge in [0.2, 0.25) is 11.8 Å². The molecule has 0 aromatic heterocycles. The van der Waals surface area contributed by atoms with Gasteiger partial charge in [-0.1, -0.05) is 0 Å². The SMILES string of the molecule is CCNC(=O)C(C)NCC(=O)NC(C)C. The molecule has 1 unspecified atom stereocenters. The lowest BCUT2D eigenvalue weighted by Crippen LogP contribution is -2.46. The van der Waals surface area contributed by atoms with E-state index in [0.717, 1.165) is 0 Å². The van der Waals surface area contributed by atoms with Gasteiger partial charge in [0.05, 0.1) is 12.6 Å². The Hall–Kier alpha value is -1.10. The van der Waals surface area contributed by atoms with Crippen LogP contribution in [0.2, 0.25) is 0 Å². The fraction of sp³-hybridized carbons (Fsp3) is 0.800. The summed E-state index contributed by atoms with van der Waals surface area (Å²) in [6.45, 7) is 8.14. The summed E-state index contributed by atoms with van der Waals surface area (Å²) in [5.41, 5.74) is 0. The molecule has 15 heavy (non-hydrogen) atoms. The smallest absolute Gasteiger partial charge is 0.236 e. The molecule has 5 heteroatoms. The molecule has 0 aromatic rings. The van der Waals surface area contributed by atoms with E-state index in [4.69, 9.17) is 0 Å². The van der Waals surface area contributed by atoms with E-state index >= 15 is 0 Å². The van der Waals surface area contributed by atoms with E-state index in [-0.39, 0.29) is 30.4 Å². The van der Waals surface area contributed by atoms with Gasteiger partial charge < -0.3 is 10.6 Å². The Morgan fingerprint density at radius 1 is 1.20 bits per heavy atom. The minimum Gasteiger partial charge on any atom is -0.355 e. The third kappa shape index (κ3) is 6.90. The van der Waals surface area contributed by atoms with Crippen molar-refractivity contribution in [3.63, 3.8) is 0 Å². The second-order valence-electron chi connectivity index (χ2n) is 3.72. The van der Waals surface area contributed by atoms with Crippen LogP contribution in [0.5, 0.6) is 0 Å². The van der Waals surface area contributed by atoms with Crippen molar-refractivity contribution in [3.05, 3.63) is 0 Å². The molecule has 0 bridgehead atoms. The Bertz CT molecular complexity index is 217. The van der Waals surface area contributed by atoms with Gasteiger partial charge in [-0.15, -0.1) is 0 Å². The van der Waals surface area contributed by atoms with E-state index in [1.165, 1.54) is 0 Å². The third-order valence-electron chi connectivity index (χ3n) is 1.76. The second-order valence-corrected chi connectivity index (χ2v) is 3.72. The molecule has 3 N–H and O–H groups in total. The molecule has 1 atom stereocenters. The largest absolute Gasteiger partial charge is 0.355 e. The normalized spacial score (nSPS) is 12.3. The summed E-state index contributed by atoms with van der Waals surface area (Å²) < 4.78 is 0.